The van der Waals surface area contributed by atoms with Crippen molar-refractivity contribution in [1.82, 2.24) is 28.9 Å². The summed E-state index contributed by atoms with van der Waals surface area (Å²) in [5.41, 5.74) is -1.60. The number of halogens is 5. The van der Waals surface area contributed by atoms with Crippen molar-refractivity contribution in [1.29, 1.82) is 0 Å². The van der Waals surface area contributed by atoms with Gasteiger partial charge in [0.2, 0.25) is 5.95 Å². The number of hydrogen-bond donors (Lipinski definition) is 1. The van der Waals surface area contributed by atoms with Crippen molar-refractivity contribution < 1.29 is 13.2 Å². The van der Waals surface area contributed by atoms with Gasteiger partial charge in [0, 0.05) is 29.9 Å². The summed E-state index contributed by atoms with van der Waals surface area (Å²) in [6.45, 7) is 1.09. The van der Waals surface area contributed by atoms with Gasteiger partial charge in [0.05, 0.1) is 40.2 Å². The van der Waals surface area contributed by atoms with Gasteiger partial charge in [-0.25, -0.2) is 14.2 Å². The second kappa shape index (κ2) is 9.86. The quantitative estimate of drug-likeness (QED) is 0.313. The largest absolute Gasteiger partial charge is 0.416 e. The van der Waals surface area contributed by atoms with Gasteiger partial charge in [-0.15, -0.1) is 0 Å². The third-order valence-corrected chi connectivity index (χ3v) is 6.39. The van der Waals surface area contributed by atoms with Crippen LogP contribution in [0.4, 0.5) is 24.8 Å². The summed E-state index contributed by atoms with van der Waals surface area (Å²) in [5.74, 6) is -0.319. The molecule has 1 N–H and O–H groups in total. The summed E-state index contributed by atoms with van der Waals surface area (Å²) < 4.78 is 44.7. The smallest absolute Gasteiger partial charge is 0.324 e. The fourth-order valence-electron chi connectivity index (χ4n) is 4.14. The van der Waals surface area contributed by atoms with Gasteiger partial charge in [-0.05, 0) is 54.4 Å². The van der Waals surface area contributed by atoms with Crippen molar-refractivity contribution in [2.45, 2.75) is 19.6 Å². The number of aromatic nitrogens is 6. The van der Waals surface area contributed by atoms with Crippen molar-refractivity contribution in [2.75, 3.05) is 5.32 Å². The molecule has 0 atom stereocenters. The average molecular weight is 576 g/mol. The number of anilines is 2. The molecule has 0 amide bonds. The molecule has 14 heteroatoms. The minimum absolute atomic E-state index is 0.0368. The van der Waals surface area contributed by atoms with Gasteiger partial charge < -0.3 is 5.32 Å². The lowest BCUT2D eigenvalue weighted by atomic mass is 10.1. The molecule has 5 aromatic rings. The molecule has 0 saturated heterocycles. The van der Waals surface area contributed by atoms with E-state index in [1.54, 1.807) is 37.0 Å². The highest BCUT2D eigenvalue weighted by Crippen LogP contribution is 2.34. The second-order valence-corrected chi connectivity index (χ2v) is 9.60. The predicted molar refractivity (Wildman–Crippen MR) is 141 cm³/mol. The Morgan fingerprint density at radius 2 is 1.82 bits per heavy atom. The van der Waals surface area contributed by atoms with Gasteiger partial charge in [0.25, 0.3) is 0 Å². The molecule has 0 spiro atoms. The molecule has 0 bridgehead atoms. The van der Waals surface area contributed by atoms with Crippen molar-refractivity contribution >= 4 is 45.7 Å². The lowest BCUT2D eigenvalue weighted by Gasteiger charge is -2.19. The van der Waals surface area contributed by atoms with E-state index in [1.165, 1.54) is 18.5 Å². The van der Waals surface area contributed by atoms with Crippen LogP contribution >= 0.6 is 23.2 Å². The number of pyridine rings is 1. The summed E-state index contributed by atoms with van der Waals surface area (Å²) in [5, 5.41) is 8.03. The zero-order chi connectivity index (χ0) is 28.1. The van der Waals surface area contributed by atoms with E-state index in [2.05, 4.69) is 20.4 Å². The van der Waals surface area contributed by atoms with Crippen LogP contribution in [0.25, 0.3) is 16.6 Å². The summed E-state index contributed by atoms with van der Waals surface area (Å²) in [6, 6.07) is 7.77. The molecule has 0 aliphatic rings. The molecule has 0 aliphatic heterocycles. The Morgan fingerprint density at radius 3 is 2.54 bits per heavy atom. The number of benzene rings is 2. The molecular formula is C25H18Cl2F3N7O2. The summed E-state index contributed by atoms with van der Waals surface area (Å²) >= 11 is 12.4. The maximum Gasteiger partial charge on any atom is 0.416 e. The van der Waals surface area contributed by atoms with Crippen LogP contribution in [-0.4, -0.2) is 28.9 Å². The monoisotopic (exact) mass is 575 g/mol. The summed E-state index contributed by atoms with van der Waals surface area (Å²) in [4.78, 5) is 34.8. The Hall–Kier alpha value is -4.16. The van der Waals surface area contributed by atoms with E-state index in [4.69, 9.17) is 23.2 Å². The van der Waals surface area contributed by atoms with Crippen molar-refractivity contribution in [3.05, 3.63) is 103 Å². The van der Waals surface area contributed by atoms with Crippen LogP contribution in [0.2, 0.25) is 10.0 Å². The molecule has 0 saturated carbocycles. The van der Waals surface area contributed by atoms with Crippen molar-refractivity contribution in [2.24, 2.45) is 7.05 Å². The molecule has 3 aromatic heterocycles. The van der Waals surface area contributed by atoms with E-state index in [1.807, 2.05) is 0 Å². The van der Waals surface area contributed by atoms with E-state index in [0.29, 0.717) is 16.5 Å². The van der Waals surface area contributed by atoms with Crippen LogP contribution in [-0.2, 0) is 19.8 Å². The highest BCUT2D eigenvalue weighted by atomic mass is 35.5. The highest BCUT2D eigenvalue weighted by molar-refractivity contribution is 6.34. The fourth-order valence-corrected chi connectivity index (χ4v) is 4.54. The van der Waals surface area contributed by atoms with Crippen molar-refractivity contribution in [3.8, 4) is 5.69 Å². The number of fused-ring (bicyclic) bond motifs is 1. The van der Waals surface area contributed by atoms with E-state index in [-0.39, 0.29) is 32.9 Å². The molecule has 0 fully saturated rings. The Kier molecular flexibility index (Phi) is 6.69. The zero-order valence-corrected chi connectivity index (χ0v) is 21.8. The number of alkyl halides is 3. The van der Waals surface area contributed by atoms with Crippen LogP contribution in [0, 0.1) is 6.92 Å². The molecule has 5 rings (SSSR count). The van der Waals surface area contributed by atoms with Crippen LogP contribution in [0.5, 0.6) is 0 Å². The number of aryl methyl sites for hydroxylation is 2. The van der Waals surface area contributed by atoms with E-state index >= 15 is 0 Å². The molecule has 3 heterocycles. The minimum atomic E-state index is -4.73. The van der Waals surface area contributed by atoms with Crippen LogP contribution < -0.4 is 16.7 Å². The molecule has 39 heavy (non-hydrogen) atoms. The lowest BCUT2D eigenvalue weighted by molar-refractivity contribution is -0.138. The number of rotatable bonds is 5. The highest BCUT2D eigenvalue weighted by Gasteiger charge is 2.34. The van der Waals surface area contributed by atoms with Crippen LogP contribution in [0.1, 0.15) is 16.7 Å². The van der Waals surface area contributed by atoms with Gasteiger partial charge in [-0.1, -0.05) is 23.2 Å². The van der Waals surface area contributed by atoms with E-state index in [0.717, 1.165) is 27.3 Å². The molecule has 200 valence electrons. The van der Waals surface area contributed by atoms with E-state index in [9.17, 15) is 22.8 Å². The number of nitrogens with one attached hydrogen (secondary N) is 1. The first kappa shape index (κ1) is 26.4. The third-order valence-electron chi connectivity index (χ3n) is 5.84. The van der Waals surface area contributed by atoms with Crippen LogP contribution in [0.3, 0.4) is 0 Å². The van der Waals surface area contributed by atoms with Gasteiger partial charge in [0.15, 0.2) is 0 Å². The van der Waals surface area contributed by atoms with Gasteiger partial charge in [0.1, 0.15) is 0 Å². The van der Waals surface area contributed by atoms with Gasteiger partial charge >= 0.3 is 17.6 Å². The first-order valence-corrected chi connectivity index (χ1v) is 12.1. The topological polar surface area (TPSA) is 99.6 Å². The van der Waals surface area contributed by atoms with Crippen molar-refractivity contribution in [3.63, 3.8) is 0 Å². The predicted octanol–water partition coefficient (Wildman–Crippen LogP) is 5.10. The Bertz CT molecular complexity index is 1860. The van der Waals surface area contributed by atoms with Crippen LogP contribution in [0.15, 0.2) is 64.6 Å². The molecule has 0 aliphatic carbocycles. The third kappa shape index (κ3) is 5.25. The molecule has 0 radical (unpaired) electrons. The number of nitrogens with zero attached hydrogens (tertiary/aromatic N) is 6. The lowest BCUT2D eigenvalue weighted by Crippen LogP contribution is -2.42. The Balaban J connectivity index is 1.73. The first-order chi connectivity index (χ1) is 18.4. The Morgan fingerprint density at radius 1 is 1.05 bits per heavy atom. The first-order valence-electron chi connectivity index (χ1n) is 11.3. The molecule has 9 nitrogen and oxygen atoms in total. The van der Waals surface area contributed by atoms with E-state index < -0.39 is 29.7 Å². The minimum Gasteiger partial charge on any atom is -0.324 e. The van der Waals surface area contributed by atoms with Gasteiger partial charge in [-0.3, -0.25) is 14.2 Å². The SMILES string of the molecule is Cc1cncc(-n2c(=O)nc(Nc3cc4cn(C)nc4cc3Cl)n(Cc3cc(Cl)ccc3C(F)(F)F)c2=O)c1. The Labute approximate surface area is 228 Å². The number of hydrogen-bond acceptors (Lipinski definition) is 6. The molecule has 2 aromatic carbocycles. The molecule has 0 unspecified atom stereocenters. The second-order valence-electron chi connectivity index (χ2n) is 8.76. The van der Waals surface area contributed by atoms with Gasteiger partial charge in [-0.2, -0.15) is 23.3 Å². The summed E-state index contributed by atoms with van der Waals surface area (Å²) in [6.07, 6.45) is -0.201. The zero-order valence-electron chi connectivity index (χ0n) is 20.3. The normalized spacial score (nSPS) is 11.8. The standard InChI is InChI=1S/C25H18Cl2F3N7O2/c1-13-5-17(10-31-9-13)37-23(38)33-22(32-21-7-15-11-35(2)34-20(15)8-19(21)27)36(24(37)39)12-14-6-16(26)3-4-18(14)25(28,29)30/h3-11H,12H2,1-2H3,(H,32,33,38). The summed E-state index contributed by atoms with van der Waals surface area (Å²) in [7, 11) is 1.73. The maximum absolute atomic E-state index is 13.8. The maximum atomic E-state index is 13.8. The molecular weight excluding hydrogens is 558 g/mol. The fraction of sp³-hybridized carbons (Fsp3) is 0.160. The average Bonchev–Trinajstić information content (AvgIpc) is 3.19.